The van der Waals surface area contributed by atoms with Crippen molar-refractivity contribution in [2.45, 2.75) is 159 Å². The first-order chi connectivity index (χ1) is 45.3. The van der Waals surface area contributed by atoms with Crippen molar-refractivity contribution in [3.63, 3.8) is 0 Å². The van der Waals surface area contributed by atoms with E-state index in [1.54, 1.807) is 74.4 Å². The maximum atomic E-state index is 12.5. The number of nitrogens with one attached hydrogen (secondary N) is 3. The molecule has 0 spiro atoms. The van der Waals surface area contributed by atoms with Crippen LogP contribution in [0.15, 0.2) is 71.0 Å². The molecule has 38 nitrogen and oxygen atoms in total. The fourth-order valence-corrected chi connectivity index (χ4v) is 15.4. The highest BCUT2D eigenvalue weighted by Crippen LogP contribution is 2.50. The Morgan fingerprint density at radius 1 is 0.667 bits per heavy atom. The topological polar surface area (TPSA) is 508 Å². The quantitative estimate of drug-likeness (QED) is 0.0121. The Labute approximate surface area is 560 Å². The fourth-order valence-electron chi connectivity index (χ4n) is 9.51. The number of aliphatic hydroxyl groups excluding tert-OH is 1. The number of nitrogens with zero attached hydrogens (tertiary/aromatic N) is 9. The standard InChI is InChI=1S/C16H29BrN3O8P.C15H24N5O7P.C12H19O6PS.C10H13N5O4/c1-5-26-29(23,27-6-2)9-25-8-11-10(18)7-12(28-11)20-14(24-4)16(3,17)13(21)19-15(20)22;1-4-25-28(23,26-5-2)9-24-8-12-11(18-19-16)6-13(27-12)20-7-10(3)14(21)17-15(20)22;1-4-16-19(13,17-5-2)10-18-20(14,15)12-8-6-11(3)7-9-12;1-5-3-15(10(18)12-9(5)17)8-2-6(13-14-11)7(4-16)19-8/h10-12,14H,5-9,18H2,1-4H3,(H,19,21,22);7,11-13H,4-6,8-9H2,1-3H3,(H,17,21,22);6-9H,4-5,10H2,1-3H3;3,6-8,16H,2,4H2,1H3,(H,12,17,18). The van der Waals surface area contributed by atoms with Gasteiger partial charge in [0.25, 0.3) is 21.2 Å². The minimum atomic E-state index is -3.98. The molecule has 96 heavy (non-hydrogen) atoms. The molecule has 11 atom stereocenters. The van der Waals surface area contributed by atoms with Gasteiger partial charge in [-0.3, -0.25) is 61.6 Å². The lowest BCUT2D eigenvalue weighted by atomic mass is 10.0. The van der Waals surface area contributed by atoms with E-state index in [1.807, 2.05) is 6.92 Å². The number of H-pyrrole nitrogens is 2. The van der Waals surface area contributed by atoms with E-state index in [9.17, 15) is 50.9 Å². The number of ether oxygens (including phenoxy) is 6. The maximum absolute atomic E-state index is 12.5. The Morgan fingerprint density at radius 2 is 1.07 bits per heavy atom. The summed E-state index contributed by atoms with van der Waals surface area (Å²) in [6.07, 6.45) is -2.47. The van der Waals surface area contributed by atoms with E-state index in [4.69, 9.17) is 81.6 Å². The highest BCUT2D eigenvalue weighted by atomic mass is 79.9. The van der Waals surface area contributed by atoms with E-state index < -0.39 is 139 Å². The van der Waals surface area contributed by atoms with Gasteiger partial charge in [-0.25, -0.2) is 14.4 Å². The van der Waals surface area contributed by atoms with Crippen molar-refractivity contribution in [1.29, 1.82) is 0 Å². The number of urea groups is 1. The van der Waals surface area contributed by atoms with Gasteiger partial charge >= 0.3 is 40.2 Å². The summed E-state index contributed by atoms with van der Waals surface area (Å²) in [5, 5.41) is 18.6. The number of carbonyl (C=O) groups is 2. The predicted octanol–water partition coefficient (Wildman–Crippen LogP) is 6.13. The summed E-state index contributed by atoms with van der Waals surface area (Å²) in [5.41, 5.74) is 22.9. The van der Waals surface area contributed by atoms with Gasteiger partial charge in [-0.05, 0) is 92.4 Å². The van der Waals surface area contributed by atoms with Crippen LogP contribution in [-0.2, 0) is 88.4 Å². The predicted molar refractivity (Wildman–Crippen MR) is 345 cm³/mol. The second kappa shape index (κ2) is 38.9. The molecule has 2 aromatic heterocycles. The number of carbonyl (C=O) groups excluding carboxylic acids is 2. The van der Waals surface area contributed by atoms with Gasteiger partial charge in [-0.1, -0.05) is 43.9 Å². The van der Waals surface area contributed by atoms with E-state index in [0.717, 1.165) is 5.56 Å². The first-order valence-corrected chi connectivity index (χ1v) is 37.4. The van der Waals surface area contributed by atoms with Crippen molar-refractivity contribution in [2.24, 2.45) is 16.0 Å². The minimum Gasteiger partial charge on any atom is -0.394 e. The molecule has 0 radical (unpaired) electrons. The maximum Gasteiger partial charge on any atom is 0.357 e. The van der Waals surface area contributed by atoms with E-state index in [-0.39, 0.29) is 89.9 Å². The van der Waals surface area contributed by atoms with Crippen molar-refractivity contribution in [3.8, 4) is 0 Å². The molecule has 540 valence electrons. The van der Waals surface area contributed by atoms with Crippen LogP contribution in [0, 0.1) is 20.8 Å². The normalized spacial score (nSPS) is 24.3. The van der Waals surface area contributed by atoms with Gasteiger partial charge in [-0.2, -0.15) is 8.42 Å². The van der Waals surface area contributed by atoms with Gasteiger partial charge in [0.2, 0.25) is 5.91 Å². The highest BCUT2D eigenvalue weighted by molar-refractivity contribution is 9.10. The Kier molecular flexibility index (Phi) is 33.6. The number of nitrogens with two attached hydrogens (primary N) is 1. The number of halogens is 1. The lowest BCUT2D eigenvalue weighted by Crippen LogP contribution is -2.69. The number of hydrogen-bond donors (Lipinski definition) is 5. The van der Waals surface area contributed by atoms with Gasteiger partial charge in [0.05, 0.1) is 94.8 Å². The summed E-state index contributed by atoms with van der Waals surface area (Å²) in [7, 11) is -12.8. The van der Waals surface area contributed by atoms with E-state index in [2.05, 4.69) is 51.3 Å². The number of imide groups is 1. The molecule has 0 bridgehead atoms. The van der Waals surface area contributed by atoms with E-state index in [1.165, 1.54) is 45.7 Å². The first kappa shape index (κ1) is 83.1. The zero-order valence-electron chi connectivity index (χ0n) is 54.8. The molecule has 7 rings (SSSR count). The summed E-state index contributed by atoms with van der Waals surface area (Å²) in [4.78, 5) is 82.3. The molecule has 4 fully saturated rings. The number of methoxy groups -OCH3 is 1. The SMILES string of the molecule is CCOP(=O)(COCC1OC(N2C(=O)NC(=O)C(C)(Br)C2OC)CC1N)OCC.CCOP(=O)(COCC1OC(n2cc(C)c(=O)[nH]c2=O)CC1N=[N+]=[N-])OCC.CCOP(=O)(COS(=O)(=O)c1ccc(C)cc1)OCC.Cc1cn(C2CC(N=[N+]=[N-])C(CO)O2)c(=O)[nH]c1=O. The lowest BCUT2D eigenvalue weighted by Gasteiger charge is -2.44. The Balaban J connectivity index is 0.000000277. The van der Waals surface area contributed by atoms with Crippen molar-refractivity contribution in [1.82, 2.24) is 29.3 Å². The number of aromatic amines is 2. The number of amides is 3. The van der Waals surface area contributed by atoms with Crippen molar-refractivity contribution in [3.05, 3.63) is 116 Å². The summed E-state index contributed by atoms with van der Waals surface area (Å²) in [6.45, 7) is 17.5. The number of azide groups is 2. The van der Waals surface area contributed by atoms with Crippen LogP contribution in [0.5, 0.6) is 0 Å². The molecule has 11 unspecified atom stereocenters. The third-order valence-corrected chi connectivity index (χ3v) is 21.6. The second-order valence-electron chi connectivity index (χ2n) is 21.1. The zero-order valence-corrected chi connectivity index (χ0v) is 59.9. The molecule has 4 saturated heterocycles. The molecule has 0 aliphatic carbocycles. The van der Waals surface area contributed by atoms with Crippen molar-refractivity contribution >= 4 is 60.8 Å². The molecular formula is C53H85BrN13O25P3S. The highest BCUT2D eigenvalue weighted by Gasteiger charge is 2.54. The van der Waals surface area contributed by atoms with Crippen LogP contribution >= 0.6 is 38.7 Å². The molecule has 6 heterocycles. The van der Waals surface area contributed by atoms with Crippen LogP contribution in [0.4, 0.5) is 4.79 Å². The lowest BCUT2D eigenvalue weighted by molar-refractivity contribution is -0.153. The molecule has 3 amide bonds. The molecule has 1 aromatic carbocycles. The summed E-state index contributed by atoms with van der Waals surface area (Å²) in [5.74, 6) is -0.504. The molecular weight excluding hydrogens is 1420 g/mol. The third-order valence-electron chi connectivity index (χ3n) is 14.0. The van der Waals surface area contributed by atoms with Gasteiger partial charge in [0, 0.05) is 65.8 Å². The largest absolute Gasteiger partial charge is 0.394 e. The van der Waals surface area contributed by atoms with Gasteiger partial charge in [0.15, 0.2) is 12.6 Å². The van der Waals surface area contributed by atoms with Crippen molar-refractivity contribution in [2.75, 3.05) is 85.6 Å². The Morgan fingerprint density at radius 3 is 1.49 bits per heavy atom. The van der Waals surface area contributed by atoms with Crippen molar-refractivity contribution < 1.29 is 96.6 Å². The molecule has 3 aromatic rings. The van der Waals surface area contributed by atoms with Crippen LogP contribution in [0.1, 0.15) is 96.9 Å². The summed E-state index contributed by atoms with van der Waals surface area (Å²) < 4.78 is 131. The Hall–Kier alpha value is -5.34. The number of alkyl halides is 1. The van der Waals surface area contributed by atoms with Crippen LogP contribution in [0.3, 0.4) is 0 Å². The smallest absolute Gasteiger partial charge is 0.357 e. The average molecular weight is 1510 g/mol. The van der Waals surface area contributed by atoms with Crippen LogP contribution < -0.4 is 33.5 Å². The molecule has 4 aliphatic rings. The van der Waals surface area contributed by atoms with Gasteiger partial charge in [0.1, 0.15) is 35.7 Å². The Bertz CT molecular complexity index is 3640. The summed E-state index contributed by atoms with van der Waals surface area (Å²) >= 11 is 3.32. The number of hydrogen-bond acceptors (Lipinski definition) is 28. The number of aromatic nitrogens is 4. The van der Waals surface area contributed by atoms with Gasteiger partial charge in [-0.15, -0.1) is 0 Å². The average Bonchev–Trinajstić information content (AvgIpc) is 1.42. The number of aliphatic hydroxyl groups is 1. The van der Waals surface area contributed by atoms with Crippen LogP contribution in [0.25, 0.3) is 20.9 Å². The van der Waals surface area contributed by atoms with Crippen LogP contribution in [-0.4, -0.2) is 188 Å². The number of benzene rings is 1. The minimum absolute atomic E-state index is 0.00245. The number of rotatable bonds is 31. The van der Waals surface area contributed by atoms with Crippen LogP contribution in [0.2, 0.25) is 0 Å². The van der Waals surface area contributed by atoms with Gasteiger partial charge < -0.3 is 66.4 Å². The van der Waals surface area contributed by atoms with E-state index in [0.29, 0.717) is 17.5 Å². The fraction of sp³-hybridized carbons (Fsp3) is 0.698. The zero-order chi connectivity index (χ0) is 71.8. The van der Waals surface area contributed by atoms with E-state index >= 15 is 0 Å². The monoisotopic (exact) mass is 1510 g/mol. The molecule has 6 N–H and O–H groups in total. The first-order valence-electron chi connectivity index (χ1n) is 30.0. The molecule has 0 saturated carbocycles. The number of aryl methyl sites for hydroxylation is 3. The second-order valence-corrected chi connectivity index (χ2v) is 30.4. The molecule has 4 aliphatic heterocycles. The third kappa shape index (κ3) is 23.7. The summed E-state index contributed by atoms with van der Waals surface area (Å²) in [6, 6.07) is 3.94. The molecule has 43 heteroatoms.